The van der Waals surface area contributed by atoms with Gasteiger partial charge in [-0.2, -0.15) is 0 Å². The van der Waals surface area contributed by atoms with E-state index in [1.54, 1.807) is 18.2 Å². The third-order valence-electron chi connectivity index (χ3n) is 2.95. The molecule has 5 heteroatoms. The molecule has 1 aliphatic carbocycles. The summed E-state index contributed by atoms with van der Waals surface area (Å²) < 4.78 is 0. The Morgan fingerprint density at radius 2 is 2.18 bits per heavy atom. The molecule has 1 fully saturated rings. The topological polar surface area (TPSA) is 92.6 Å². The van der Waals surface area contributed by atoms with Gasteiger partial charge in [0.2, 0.25) is 5.91 Å². The Morgan fingerprint density at radius 1 is 1.47 bits per heavy atom. The zero-order valence-corrected chi connectivity index (χ0v) is 9.60. The van der Waals surface area contributed by atoms with E-state index in [0.29, 0.717) is 23.8 Å². The van der Waals surface area contributed by atoms with Crippen LogP contribution in [0.2, 0.25) is 0 Å². The van der Waals surface area contributed by atoms with Crippen molar-refractivity contribution in [3.63, 3.8) is 0 Å². The number of nitrogens with zero attached hydrogens (tertiary/aromatic N) is 1. The number of primary amides is 1. The number of hydrogen-bond donors (Lipinski definition) is 3. The van der Waals surface area contributed by atoms with Crippen LogP contribution in [0.5, 0.6) is 0 Å². The number of carbonyl (C=O) groups is 1. The van der Waals surface area contributed by atoms with Crippen molar-refractivity contribution >= 4 is 17.3 Å². The van der Waals surface area contributed by atoms with Crippen LogP contribution in [0.3, 0.4) is 0 Å². The Kier molecular flexibility index (Phi) is 3.19. The average Bonchev–Trinajstić information content (AvgIpc) is 3.10. The molecule has 0 radical (unpaired) electrons. The van der Waals surface area contributed by atoms with Crippen molar-refractivity contribution in [3.8, 4) is 0 Å². The first kappa shape index (κ1) is 11.7. The number of hydrogen-bond acceptors (Lipinski definition) is 4. The first-order valence-corrected chi connectivity index (χ1v) is 5.70. The summed E-state index contributed by atoms with van der Waals surface area (Å²) in [4.78, 5) is 13.1. The van der Waals surface area contributed by atoms with Crippen molar-refractivity contribution in [1.29, 1.82) is 0 Å². The molecule has 5 nitrogen and oxygen atoms in total. The number of amides is 1. The Bertz CT molecular complexity index is 430. The molecule has 0 unspecified atom stereocenters. The minimum absolute atomic E-state index is 0.0908. The summed E-state index contributed by atoms with van der Waals surface area (Å²) in [5.41, 5.74) is 12.9. The second kappa shape index (κ2) is 4.63. The number of nitrogens with two attached hydrogens (primary N) is 2. The molecule has 1 amide bonds. The molecule has 0 heterocycles. The molecule has 2 rings (SSSR count). The van der Waals surface area contributed by atoms with E-state index in [1.807, 2.05) is 0 Å². The highest BCUT2D eigenvalue weighted by atomic mass is 16.3. The van der Waals surface area contributed by atoms with Crippen molar-refractivity contribution < 1.29 is 9.90 Å². The average molecular weight is 235 g/mol. The van der Waals surface area contributed by atoms with E-state index in [2.05, 4.69) is 4.90 Å². The SMILES string of the molecule is NC(=O)c1ccc(N(CCO)C2CC2)c(N)c1. The molecule has 5 N–H and O–H groups in total. The van der Waals surface area contributed by atoms with Crippen LogP contribution in [-0.4, -0.2) is 30.2 Å². The van der Waals surface area contributed by atoms with Gasteiger partial charge in [0, 0.05) is 18.2 Å². The molecule has 0 aromatic heterocycles. The number of nitrogen functional groups attached to an aromatic ring is 1. The van der Waals surface area contributed by atoms with Gasteiger partial charge in [0.05, 0.1) is 18.0 Å². The highest BCUT2D eigenvalue weighted by molar-refractivity contribution is 5.95. The van der Waals surface area contributed by atoms with E-state index in [4.69, 9.17) is 16.6 Å². The van der Waals surface area contributed by atoms with E-state index in [0.717, 1.165) is 18.5 Å². The van der Waals surface area contributed by atoms with Gasteiger partial charge in [0.1, 0.15) is 0 Å². The van der Waals surface area contributed by atoms with Gasteiger partial charge in [-0.1, -0.05) is 0 Å². The van der Waals surface area contributed by atoms with Crippen LogP contribution < -0.4 is 16.4 Å². The lowest BCUT2D eigenvalue weighted by Crippen LogP contribution is -2.29. The molecule has 92 valence electrons. The Balaban J connectivity index is 2.27. The zero-order chi connectivity index (χ0) is 12.4. The standard InChI is InChI=1S/C12H17N3O2/c13-10-7-8(12(14)17)1-4-11(10)15(5-6-16)9-2-3-9/h1,4,7,9,16H,2-3,5-6,13H2,(H2,14,17). The van der Waals surface area contributed by atoms with Gasteiger partial charge in [-0.3, -0.25) is 4.79 Å². The molecule has 1 saturated carbocycles. The quantitative estimate of drug-likeness (QED) is 0.641. The predicted octanol–water partition coefficient (Wildman–Crippen LogP) is 0.329. The summed E-state index contributed by atoms with van der Waals surface area (Å²) in [7, 11) is 0. The lowest BCUT2D eigenvalue weighted by Gasteiger charge is -2.25. The minimum atomic E-state index is -0.483. The van der Waals surface area contributed by atoms with Gasteiger partial charge >= 0.3 is 0 Å². The van der Waals surface area contributed by atoms with Crippen molar-refractivity contribution in [2.45, 2.75) is 18.9 Å². The molecule has 1 aromatic carbocycles. The van der Waals surface area contributed by atoms with Gasteiger partial charge < -0.3 is 21.5 Å². The first-order chi connectivity index (χ1) is 8.13. The molecule has 0 atom stereocenters. The summed E-state index contributed by atoms with van der Waals surface area (Å²) in [5.74, 6) is -0.483. The molecular formula is C12H17N3O2. The third-order valence-corrected chi connectivity index (χ3v) is 2.95. The van der Waals surface area contributed by atoms with Gasteiger partial charge in [-0.25, -0.2) is 0 Å². The van der Waals surface area contributed by atoms with Gasteiger partial charge in [-0.15, -0.1) is 0 Å². The van der Waals surface area contributed by atoms with Gasteiger partial charge in [-0.05, 0) is 31.0 Å². The number of carbonyl (C=O) groups excluding carboxylic acids is 1. The van der Waals surface area contributed by atoms with Crippen LogP contribution in [0.1, 0.15) is 23.2 Å². The maximum absolute atomic E-state index is 11.0. The van der Waals surface area contributed by atoms with Crippen molar-refractivity contribution in [3.05, 3.63) is 23.8 Å². The second-order valence-electron chi connectivity index (χ2n) is 4.29. The van der Waals surface area contributed by atoms with E-state index < -0.39 is 5.91 Å². The summed E-state index contributed by atoms with van der Waals surface area (Å²) in [5, 5.41) is 9.05. The smallest absolute Gasteiger partial charge is 0.248 e. The molecule has 0 saturated heterocycles. The highest BCUT2D eigenvalue weighted by Gasteiger charge is 2.29. The van der Waals surface area contributed by atoms with E-state index >= 15 is 0 Å². The van der Waals surface area contributed by atoms with Crippen LogP contribution in [0.4, 0.5) is 11.4 Å². The lowest BCUT2D eigenvalue weighted by atomic mass is 10.1. The van der Waals surface area contributed by atoms with Crippen molar-refractivity contribution in [2.24, 2.45) is 5.73 Å². The second-order valence-corrected chi connectivity index (χ2v) is 4.29. The van der Waals surface area contributed by atoms with Gasteiger partial charge in [0.15, 0.2) is 0 Å². The van der Waals surface area contributed by atoms with E-state index in [9.17, 15) is 4.79 Å². The largest absolute Gasteiger partial charge is 0.397 e. The summed E-state index contributed by atoms with van der Waals surface area (Å²) in [6.45, 7) is 0.651. The molecule has 1 aliphatic rings. The van der Waals surface area contributed by atoms with Crippen LogP contribution in [0, 0.1) is 0 Å². The maximum atomic E-state index is 11.0. The van der Waals surface area contributed by atoms with Crippen LogP contribution in [-0.2, 0) is 0 Å². The van der Waals surface area contributed by atoms with Gasteiger partial charge in [0.25, 0.3) is 0 Å². The van der Waals surface area contributed by atoms with Crippen LogP contribution in [0.25, 0.3) is 0 Å². The van der Waals surface area contributed by atoms with Crippen LogP contribution in [0.15, 0.2) is 18.2 Å². The normalized spacial score (nSPS) is 14.6. The summed E-state index contributed by atoms with van der Waals surface area (Å²) in [6, 6.07) is 5.51. The molecule has 17 heavy (non-hydrogen) atoms. The minimum Gasteiger partial charge on any atom is -0.397 e. The van der Waals surface area contributed by atoms with E-state index in [1.165, 1.54) is 0 Å². The number of aliphatic hydroxyl groups excluding tert-OH is 1. The molecule has 0 spiro atoms. The Labute approximate surface area is 100 Å². The third kappa shape index (κ3) is 2.50. The number of benzene rings is 1. The molecule has 1 aromatic rings. The Morgan fingerprint density at radius 3 is 2.65 bits per heavy atom. The fraction of sp³-hybridized carbons (Fsp3) is 0.417. The number of rotatable bonds is 5. The Hall–Kier alpha value is -1.75. The maximum Gasteiger partial charge on any atom is 0.248 e. The summed E-state index contributed by atoms with van der Waals surface area (Å²) in [6.07, 6.45) is 2.24. The molecule has 0 bridgehead atoms. The zero-order valence-electron chi connectivity index (χ0n) is 9.60. The molecule has 0 aliphatic heterocycles. The van der Waals surface area contributed by atoms with Crippen molar-refractivity contribution in [2.75, 3.05) is 23.8 Å². The lowest BCUT2D eigenvalue weighted by molar-refractivity contribution is 0.100. The van der Waals surface area contributed by atoms with Crippen molar-refractivity contribution in [1.82, 2.24) is 0 Å². The predicted molar refractivity (Wildman–Crippen MR) is 66.8 cm³/mol. The monoisotopic (exact) mass is 235 g/mol. The fourth-order valence-electron chi connectivity index (χ4n) is 1.96. The molecular weight excluding hydrogens is 218 g/mol. The fourth-order valence-corrected chi connectivity index (χ4v) is 1.96. The van der Waals surface area contributed by atoms with E-state index in [-0.39, 0.29) is 6.61 Å². The first-order valence-electron chi connectivity index (χ1n) is 5.70. The summed E-state index contributed by atoms with van der Waals surface area (Å²) >= 11 is 0. The number of aliphatic hydroxyl groups is 1. The number of anilines is 2. The van der Waals surface area contributed by atoms with Crippen LogP contribution >= 0.6 is 0 Å². The highest BCUT2D eigenvalue weighted by Crippen LogP contribution is 2.34.